The van der Waals surface area contributed by atoms with Gasteiger partial charge in [0.25, 0.3) is 0 Å². The summed E-state index contributed by atoms with van der Waals surface area (Å²) in [7, 11) is 1.54. The summed E-state index contributed by atoms with van der Waals surface area (Å²) in [5.74, 6) is -1.27. The number of nitrogens with zero attached hydrogens (tertiary/aromatic N) is 3. The highest BCUT2D eigenvalue weighted by Crippen LogP contribution is 2.26. The van der Waals surface area contributed by atoms with Gasteiger partial charge in [0.15, 0.2) is 5.03 Å². The maximum Gasteiger partial charge on any atom is 0.320 e. The summed E-state index contributed by atoms with van der Waals surface area (Å²) in [5.41, 5.74) is -0.168. The van der Waals surface area contributed by atoms with E-state index < -0.39 is 10.9 Å². The topological polar surface area (TPSA) is 98.3 Å². The van der Waals surface area contributed by atoms with Crippen molar-refractivity contribution in [1.29, 1.82) is 0 Å². The number of aromatic nitrogens is 2. The molecule has 0 bridgehead atoms. The molecule has 0 aliphatic carbocycles. The molecule has 8 heteroatoms. The van der Waals surface area contributed by atoms with Gasteiger partial charge in [-0.2, -0.15) is 5.10 Å². The Morgan fingerprint density at radius 2 is 2.50 bits per heavy atom. The Labute approximate surface area is 82.9 Å². The number of aryl methyl sites for hydroxylation is 1. The number of aliphatic carboxylic acids is 1. The molecule has 0 fully saturated rings. The van der Waals surface area contributed by atoms with Crippen LogP contribution in [0, 0.1) is 10.1 Å². The van der Waals surface area contributed by atoms with Crippen LogP contribution in [0.1, 0.15) is 0 Å². The van der Waals surface area contributed by atoms with Crippen molar-refractivity contribution in [3.8, 4) is 0 Å². The molecule has 0 saturated heterocycles. The highest BCUT2D eigenvalue weighted by Gasteiger charge is 2.19. The highest BCUT2D eigenvalue weighted by molar-refractivity contribution is 8.00. The molecule has 14 heavy (non-hydrogen) atoms. The average Bonchev–Trinajstić information content (AvgIpc) is 2.43. The summed E-state index contributed by atoms with van der Waals surface area (Å²) in [5, 5.41) is 22.8. The van der Waals surface area contributed by atoms with Crippen LogP contribution in [-0.2, 0) is 11.8 Å². The van der Waals surface area contributed by atoms with Crippen molar-refractivity contribution >= 4 is 23.4 Å². The van der Waals surface area contributed by atoms with Gasteiger partial charge in [-0.05, 0) is 0 Å². The monoisotopic (exact) mass is 217 g/mol. The minimum atomic E-state index is -1.03. The summed E-state index contributed by atoms with van der Waals surface area (Å²) < 4.78 is 1.28. The van der Waals surface area contributed by atoms with Gasteiger partial charge in [-0.1, -0.05) is 11.8 Å². The average molecular weight is 217 g/mol. The van der Waals surface area contributed by atoms with E-state index in [0.717, 1.165) is 11.8 Å². The van der Waals surface area contributed by atoms with E-state index in [1.54, 1.807) is 0 Å². The molecular formula is C6H7N3O4S. The lowest BCUT2D eigenvalue weighted by Crippen LogP contribution is -1.98. The predicted octanol–water partition coefficient (Wildman–Crippen LogP) is 0.505. The second kappa shape index (κ2) is 4.09. The molecule has 1 rings (SSSR count). The second-order valence-corrected chi connectivity index (χ2v) is 3.40. The molecule has 0 radical (unpaired) electrons. The SMILES string of the molecule is Cn1cc([N+](=O)[O-])c(SCC(=O)O)n1. The number of carboxylic acids is 1. The van der Waals surface area contributed by atoms with Crippen LogP contribution in [0.4, 0.5) is 5.69 Å². The quantitative estimate of drug-likeness (QED) is 0.448. The van der Waals surface area contributed by atoms with E-state index in [2.05, 4.69) is 5.10 Å². The number of hydrogen-bond acceptors (Lipinski definition) is 5. The second-order valence-electron chi connectivity index (χ2n) is 2.43. The largest absolute Gasteiger partial charge is 0.481 e. The van der Waals surface area contributed by atoms with Crippen LogP contribution in [0.2, 0.25) is 0 Å². The van der Waals surface area contributed by atoms with E-state index in [-0.39, 0.29) is 16.5 Å². The van der Waals surface area contributed by atoms with Crippen LogP contribution in [0.15, 0.2) is 11.2 Å². The number of nitro groups is 1. The first-order chi connectivity index (χ1) is 6.50. The third kappa shape index (κ3) is 2.46. The van der Waals surface area contributed by atoms with Crippen LogP contribution in [0.3, 0.4) is 0 Å². The standard InChI is InChI=1S/C6H7N3O4S/c1-8-2-4(9(12)13)6(7-8)14-3-5(10)11/h2H,3H2,1H3,(H,10,11). The van der Waals surface area contributed by atoms with Gasteiger partial charge in [-0.3, -0.25) is 19.6 Å². The van der Waals surface area contributed by atoms with Gasteiger partial charge in [-0.15, -0.1) is 0 Å². The minimum absolute atomic E-state index is 0.125. The van der Waals surface area contributed by atoms with Crippen LogP contribution < -0.4 is 0 Å². The molecule has 7 nitrogen and oxygen atoms in total. The molecule has 0 aromatic carbocycles. The minimum Gasteiger partial charge on any atom is -0.481 e. The van der Waals surface area contributed by atoms with Crippen molar-refractivity contribution in [1.82, 2.24) is 9.78 Å². The zero-order chi connectivity index (χ0) is 10.7. The Kier molecular flexibility index (Phi) is 3.07. The van der Waals surface area contributed by atoms with E-state index in [9.17, 15) is 14.9 Å². The summed E-state index contributed by atoms with van der Waals surface area (Å²) in [4.78, 5) is 20.1. The third-order valence-electron chi connectivity index (χ3n) is 1.31. The maximum absolute atomic E-state index is 10.5. The first-order valence-electron chi connectivity index (χ1n) is 3.53. The molecule has 0 aliphatic heterocycles. The highest BCUT2D eigenvalue weighted by atomic mass is 32.2. The van der Waals surface area contributed by atoms with Gasteiger partial charge in [0.05, 0.1) is 10.7 Å². The summed E-state index contributed by atoms with van der Waals surface area (Å²) in [6.45, 7) is 0. The number of rotatable bonds is 4. The maximum atomic E-state index is 10.5. The zero-order valence-corrected chi connectivity index (χ0v) is 8.02. The summed E-state index contributed by atoms with van der Waals surface area (Å²) >= 11 is 0.831. The molecule has 1 aromatic rings. The summed E-state index contributed by atoms with van der Waals surface area (Å²) in [6.07, 6.45) is 1.24. The molecule has 76 valence electrons. The van der Waals surface area contributed by atoms with Crippen molar-refractivity contribution in [2.24, 2.45) is 7.05 Å². The Hall–Kier alpha value is -1.57. The first kappa shape index (κ1) is 10.5. The van der Waals surface area contributed by atoms with Gasteiger partial charge in [0.1, 0.15) is 6.20 Å². The number of thioether (sulfide) groups is 1. The van der Waals surface area contributed by atoms with Crippen LogP contribution >= 0.6 is 11.8 Å². The first-order valence-corrected chi connectivity index (χ1v) is 4.52. The van der Waals surface area contributed by atoms with Crippen molar-refractivity contribution < 1.29 is 14.8 Å². The van der Waals surface area contributed by atoms with Crippen LogP contribution in [0.25, 0.3) is 0 Å². The van der Waals surface area contributed by atoms with Gasteiger partial charge in [-0.25, -0.2) is 0 Å². The van der Waals surface area contributed by atoms with Crippen molar-refractivity contribution in [3.63, 3.8) is 0 Å². The van der Waals surface area contributed by atoms with Crippen molar-refractivity contribution in [3.05, 3.63) is 16.3 Å². The van der Waals surface area contributed by atoms with Crippen molar-refractivity contribution in [2.75, 3.05) is 5.75 Å². The number of carbonyl (C=O) groups is 1. The van der Waals surface area contributed by atoms with E-state index in [4.69, 9.17) is 5.11 Å². The predicted molar refractivity (Wildman–Crippen MR) is 48.2 cm³/mol. The fourth-order valence-electron chi connectivity index (χ4n) is 0.814. The lowest BCUT2D eigenvalue weighted by atomic mass is 10.6. The Morgan fingerprint density at radius 3 is 3.00 bits per heavy atom. The number of hydrogen-bond donors (Lipinski definition) is 1. The van der Waals surface area contributed by atoms with Crippen LogP contribution in [0.5, 0.6) is 0 Å². The van der Waals surface area contributed by atoms with E-state index in [1.165, 1.54) is 17.9 Å². The lowest BCUT2D eigenvalue weighted by Gasteiger charge is -1.91. The van der Waals surface area contributed by atoms with Gasteiger partial charge < -0.3 is 5.11 Å². The zero-order valence-electron chi connectivity index (χ0n) is 7.21. The molecule has 1 heterocycles. The Balaban J connectivity index is 2.84. The fourth-order valence-corrected chi connectivity index (χ4v) is 1.54. The molecule has 0 spiro atoms. The lowest BCUT2D eigenvalue weighted by molar-refractivity contribution is -0.387. The third-order valence-corrected chi connectivity index (χ3v) is 2.26. The molecule has 0 amide bonds. The number of carboxylic acid groups (broad SMARTS) is 1. The van der Waals surface area contributed by atoms with E-state index >= 15 is 0 Å². The molecule has 1 N–H and O–H groups in total. The Morgan fingerprint density at radius 1 is 1.86 bits per heavy atom. The molecule has 0 aliphatic rings. The van der Waals surface area contributed by atoms with Crippen LogP contribution in [-0.4, -0.2) is 31.5 Å². The molecule has 0 saturated carbocycles. The fraction of sp³-hybridized carbons (Fsp3) is 0.333. The smallest absolute Gasteiger partial charge is 0.320 e. The Bertz CT molecular complexity index is 375. The van der Waals surface area contributed by atoms with Gasteiger partial charge in [0.2, 0.25) is 0 Å². The van der Waals surface area contributed by atoms with Crippen molar-refractivity contribution in [2.45, 2.75) is 5.03 Å². The normalized spacial score (nSPS) is 10.1. The molecular weight excluding hydrogens is 210 g/mol. The molecule has 0 atom stereocenters. The molecule has 1 aromatic heterocycles. The molecule has 0 unspecified atom stereocenters. The van der Waals surface area contributed by atoms with Gasteiger partial charge in [0, 0.05) is 7.05 Å². The van der Waals surface area contributed by atoms with E-state index in [1.807, 2.05) is 0 Å². The van der Waals surface area contributed by atoms with Gasteiger partial charge >= 0.3 is 11.7 Å². The summed E-state index contributed by atoms with van der Waals surface area (Å²) in [6, 6.07) is 0. The van der Waals surface area contributed by atoms with E-state index in [0.29, 0.717) is 0 Å².